The number of aromatic amines is 2. The number of benzene rings is 7. The van der Waals surface area contributed by atoms with Gasteiger partial charge in [-0.3, -0.25) is 24.6 Å². The number of rotatable bonds is 16. The second kappa shape index (κ2) is 36.9. The second-order valence-electron chi connectivity index (χ2n) is 27.2. The molecule has 0 radical (unpaired) electrons. The van der Waals surface area contributed by atoms with E-state index in [2.05, 4.69) is 95.6 Å². The molecule has 2 fully saturated rings. The number of carbonyl (C=O) groups excluding carboxylic acids is 3. The number of carbonyl (C=O) groups is 4. The lowest BCUT2D eigenvalue weighted by atomic mass is 9.82. The number of anilines is 4. The van der Waals surface area contributed by atoms with Crippen molar-refractivity contribution in [2.45, 2.75) is 85.7 Å². The molecule has 0 saturated carbocycles. The number of nitrogen functional groups attached to an aromatic ring is 2. The fourth-order valence-electron chi connectivity index (χ4n) is 11.2. The summed E-state index contributed by atoms with van der Waals surface area (Å²) in [5, 5.41) is 44.8. The number of halogens is 1. The van der Waals surface area contributed by atoms with E-state index in [1.807, 2.05) is 205 Å². The van der Waals surface area contributed by atoms with Crippen molar-refractivity contribution in [1.29, 1.82) is 0 Å². The zero-order valence-electron chi connectivity index (χ0n) is 60.9. The summed E-state index contributed by atoms with van der Waals surface area (Å²) in [5.41, 5.74) is 16.8. The fraction of sp³-hybridized carbons (Fsp3) is 0.235. The van der Waals surface area contributed by atoms with Crippen LogP contribution in [0.15, 0.2) is 231 Å². The highest BCUT2D eigenvalue weighted by Gasteiger charge is 2.30. The number of aliphatic carboxylic acids is 1. The van der Waals surface area contributed by atoms with Gasteiger partial charge in [0, 0.05) is 74.6 Å². The van der Waals surface area contributed by atoms with E-state index in [9.17, 15) is 19.2 Å². The number of amides is 1. The van der Waals surface area contributed by atoms with E-state index in [0.29, 0.717) is 53.0 Å². The minimum Gasteiger partial charge on any atom is -0.478 e. The van der Waals surface area contributed by atoms with Crippen molar-refractivity contribution in [3.05, 3.63) is 231 Å². The van der Waals surface area contributed by atoms with Crippen molar-refractivity contribution < 1.29 is 38.5 Å². The van der Waals surface area contributed by atoms with Crippen LogP contribution in [0.1, 0.15) is 73.6 Å². The van der Waals surface area contributed by atoms with E-state index in [1.54, 1.807) is 39.1 Å². The maximum absolute atomic E-state index is 12.1. The molecule has 0 bridgehead atoms. The number of ether oxygens (including phenoxy) is 3. The minimum absolute atomic E-state index is 0.0208. The maximum Gasteiger partial charge on any atom is 0.327 e. The van der Waals surface area contributed by atoms with Crippen LogP contribution in [0, 0.1) is 10.8 Å². The lowest BCUT2D eigenvalue weighted by Gasteiger charge is -2.33. The molecule has 2 atom stereocenters. The van der Waals surface area contributed by atoms with Gasteiger partial charge >= 0.3 is 5.97 Å². The van der Waals surface area contributed by atoms with Crippen LogP contribution in [0.3, 0.4) is 0 Å². The Morgan fingerprint density at radius 1 is 0.556 bits per heavy atom. The first-order valence-electron chi connectivity index (χ1n) is 34.9. The van der Waals surface area contributed by atoms with Crippen molar-refractivity contribution in [3.63, 3.8) is 0 Å². The average molecular weight is 1520 g/mol. The number of ketones is 2. The first-order valence-corrected chi connectivity index (χ1v) is 35.7. The molecule has 2 saturated heterocycles. The summed E-state index contributed by atoms with van der Waals surface area (Å²) >= 11 is 3.38. The Balaban J connectivity index is 0.000000151. The van der Waals surface area contributed by atoms with Gasteiger partial charge in [0.15, 0.2) is 23.3 Å². The topological polar surface area (TPSA) is 352 Å². The molecule has 2 aliphatic heterocycles. The third-order valence-corrected chi connectivity index (χ3v) is 17.5. The van der Waals surface area contributed by atoms with Crippen molar-refractivity contribution >= 4 is 106 Å². The van der Waals surface area contributed by atoms with Crippen LogP contribution in [-0.2, 0) is 19.2 Å². The van der Waals surface area contributed by atoms with E-state index >= 15 is 0 Å². The Hall–Kier alpha value is -12.6. The molecular formula is C81H87BrN18O8. The standard InChI is InChI=1S/C25H25N7O2.C22H23N7O.C13H10N2O.C11H20O2.C7H5BrN2.C3H4O2/c1-2-22(33)31-12-6-7-18(15-31)30-25-23(24(26)27-16-28-25)32-21-11-10-20(13-17(21)14-29-32)34-19-8-4-3-5-9-19;23-21-20(22(26-14-25-21)28-16-5-4-10-24-13-16)29-19-9-8-18(11-15(19)12-27-29)30-17-6-2-1-3-7-17;1-2-4-11(5-3-1)16-12-6-7-13-10(8-12)9-14-15-13;1-10(2,3)8(12)7-9(13)11(4,5)6;8-6-1-2-7-5(3-6)4-9-10-7;1-2-3(4)5/h2-5,8-11,13-14,16,18H,1,6-7,12,15H2,(H3,26,27,28,30);1-3,6-9,11-12,14,16,24H,4-5,10,13H2,(H3,23,25,26,28);1-9H,(H,14,15);7H2,1-6H3;1-4H,(H,9,10);2H,1H2,(H,4,5)/t18-;16-;;;;/m11..../s1. The molecule has 13 aromatic rings. The summed E-state index contributed by atoms with van der Waals surface area (Å²) in [4.78, 5) is 63.4. The third kappa shape index (κ3) is 21.8. The van der Waals surface area contributed by atoms with Gasteiger partial charge in [0.05, 0.1) is 53.3 Å². The van der Waals surface area contributed by atoms with Crippen LogP contribution in [0.25, 0.3) is 55.0 Å². The second-order valence-corrected chi connectivity index (χ2v) is 28.1. The predicted molar refractivity (Wildman–Crippen MR) is 426 cm³/mol. The Morgan fingerprint density at radius 2 is 0.991 bits per heavy atom. The zero-order chi connectivity index (χ0) is 76.7. The molecule has 10 N–H and O–H groups in total. The van der Waals surface area contributed by atoms with E-state index < -0.39 is 16.8 Å². The van der Waals surface area contributed by atoms with Gasteiger partial charge in [-0.25, -0.2) is 34.1 Å². The smallest absolute Gasteiger partial charge is 0.327 e. The number of aromatic nitrogens is 12. The van der Waals surface area contributed by atoms with Crippen LogP contribution in [0.2, 0.25) is 0 Å². The number of hydrogen-bond donors (Lipinski definition) is 8. The van der Waals surface area contributed by atoms with Gasteiger partial charge in [0.1, 0.15) is 70.1 Å². The summed E-state index contributed by atoms with van der Waals surface area (Å²) in [7, 11) is 0. The van der Waals surface area contributed by atoms with E-state index in [-0.39, 0.29) is 29.9 Å². The Bertz CT molecular complexity index is 5160. The molecule has 556 valence electrons. The molecule has 108 heavy (non-hydrogen) atoms. The molecule has 26 nitrogen and oxygen atoms in total. The number of carboxylic acids is 1. The summed E-state index contributed by atoms with van der Waals surface area (Å²) in [6.45, 7) is 20.8. The lowest BCUT2D eigenvalue weighted by Crippen LogP contribution is -2.44. The summed E-state index contributed by atoms with van der Waals surface area (Å²) in [5.74, 6) is 5.60. The lowest BCUT2D eigenvalue weighted by molar-refractivity contribution is -0.135. The Kier molecular flexibility index (Phi) is 26.6. The number of hydrogen-bond acceptors (Lipinski definition) is 20. The number of Topliss-reactive ketones (excluding diaryl/α,β-unsaturated/α-hetero) is 2. The molecule has 2 aliphatic rings. The first kappa shape index (κ1) is 78.0. The number of fused-ring (bicyclic) bond motifs is 4. The Morgan fingerprint density at radius 3 is 1.44 bits per heavy atom. The van der Waals surface area contributed by atoms with Crippen LogP contribution in [-0.4, -0.2) is 132 Å². The summed E-state index contributed by atoms with van der Waals surface area (Å²) < 4.78 is 22.2. The monoisotopic (exact) mass is 1520 g/mol. The molecule has 27 heteroatoms. The largest absolute Gasteiger partial charge is 0.478 e. The SMILES string of the molecule is Brc1ccc2[nH]ncc2c1.C=CC(=O)N1CCC[C@@H](Nc2ncnc(N)c2-n2ncc3cc(Oc4ccccc4)ccc32)C1.C=CC(=O)O.CC(C)(C)C(=O)CC(=O)C(C)(C)C.Nc1ncnc(N[C@@H]2CCCNC2)c1-n1ncc2cc(Oc3ccccc3)ccc21.c1ccc(Oc2ccc3[nH]ncc3c2)cc1. The molecule has 0 aliphatic carbocycles. The highest BCUT2D eigenvalue weighted by Crippen LogP contribution is 2.34. The molecule has 8 heterocycles. The van der Waals surface area contributed by atoms with Crippen LogP contribution in [0.5, 0.6) is 34.5 Å². The maximum atomic E-state index is 12.1. The summed E-state index contributed by atoms with van der Waals surface area (Å²) in [6.07, 6.45) is 16.3. The minimum atomic E-state index is -0.981. The number of para-hydroxylation sites is 3. The van der Waals surface area contributed by atoms with Gasteiger partial charge < -0.3 is 51.6 Å². The normalized spacial score (nSPS) is 13.9. The number of piperidine rings is 2. The highest BCUT2D eigenvalue weighted by atomic mass is 79.9. The first-order chi connectivity index (χ1) is 52.0. The van der Waals surface area contributed by atoms with Gasteiger partial charge in [0.2, 0.25) is 5.91 Å². The molecule has 15 rings (SSSR count). The van der Waals surface area contributed by atoms with Crippen LogP contribution >= 0.6 is 15.9 Å². The molecule has 0 spiro atoms. The average Bonchev–Trinajstić information content (AvgIpc) is 1.61. The fourth-order valence-corrected chi connectivity index (χ4v) is 11.5. The molecular weight excluding hydrogens is 1430 g/mol. The Labute approximate surface area is 633 Å². The van der Waals surface area contributed by atoms with E-state index in [1.165, 1.54) is 18.7 Å². The number of nitrogens with zero attached hydrogens (tertiary/aromatic N) is 11. The summed E-state index contributed by atoms with van der Waals surface area (Å²) in [6, 6.07) is 52.8. The third-order valence-electron chi connectivity index (χ3n) is 17.0. The number of nitrogens with two attached hydrogens (primary N) is 2. The van der Waals surface area contributed by atoms with Crippen LogP contribution in [0.4, 0.5) is 23.3 Å². The number of carboxylic acid groups (broad SMARTS) is 1. The van der Waals surface area contributed by atoms with Gasteiger partial charge in [0.25, 0.3) is 0 Å². The van der Waals surface area contributed by atoms with Crippen molar-refractivity contribution in [3.8, 4) is 45.9 Å². The van der Waals surface area contributed by atoms with Crippen molar-refractivity contribution in [2.24, 2.45) is 10.8 Å². The van der Waals surface area contributed by atoms with E-state index in [0.717, 1.165) is 128 Å². The molecule has 0 unspecified atom stereocenters. The zero-order valence-corrected chi connectivity index (χ0v) is 62.5. The predicted octanol–water partition coefficient (Wildman–Crippen LogP) is 15.7. The van der Waals surface area contributed by atoms with Crippen molar-refractivity contribution in [2.75, 3.05) is 48.3 Å². The van der Waals surface area contributed by atoms with Gasteiger partial charge in [-0.2, -0.15) is 20.4 Å². The number of likely N-dealkylation sites (tertiary alicyclic amines) is 1. The quantitative estimate of drug-likeness (QED) is 0.0329. The van der Waals surface area contributed by atoms with Crippen LogP contribution < -0.4 is 41.6 Å². The number of H-pyrrole nitrogens is 2. The molecule has 7 aromatic carbocycles. The molecule has 1 amide bonds. The highest BCUT2D eigenvalue weighted by molar-refractivity contribution is 9.10. The van der Waals surface area contributed by atoms with Gasteiger partial charge in [-0.15, -0.1) is 0 Å². The van der Waals surface area contributed by atoms with Gasteiger partial charge in [-0.1, -0.05) is 125 Å². The molecule has 6 aromatic heterocycles. The number of nitrogens with one attached hydrogen (secondary N) is 5. The van der Waals surface area contributed by atoms with Crippen molar-refractivity contribution in [1.82, 2.24) is 70.1 Å². The van der Waals surface area contributed by atoms with Gasteiger partial charge in [-0.05, 0) is 147 Å². The van der Waals surface area contributed by atoms with E-state index in [4.69, 9.17) is 30.8 Å².